The van der Waals surface area contributed by atoms with Crippen molar-refractivity contribution in [2.45, 2.75) is 94.6 Å². The first-order chi connectivity index (χ1) is 14.2. The number of carbonyl (C=O) groups is 1. The van der Waals surface area contributed by atoms with Crippen molar-refractivity contribution >= 4 is 5.97 Å². The van der Waals surface area contributed by atoms with Crippen molar-refractivity contribution in [1.29, 1.82) is 0 Å². The molecule has 160 valence electrons. The number of esters is 1. The van der Waals surface area contributed by atoms with Gasteiger partial charge < -0.3 is 24.1 Å². The highest BCUT2D eigenvalue weighted by atomic mass is 16.6. The molecule has 3 fully saturated rings. The van der Waals surface area contributed by atoms with E-state index in [0.717, 1.165) is 44.1 Å². The largest absolute Gasteiger partial charge is 0.460 e. The monoisotopic (exact) mass is 404 g/mol. The first-order valence-electron chi connectivity index (χ1n) is 11.0. The Morgan fingerprint density at radius 1 is 0.966 bits per heavy atom. The zero-order chi connectivity index (χ0) is 20.1. The number of rotatable bonds is 9. The summed E-state index contributed by atoms with van der Waals surface area (Å²) in [4.78, 5) is 11.3. The summed E-state index contributed by atoms with van der Waals surface area (Å²) < 4.78 is 23.3. The maximum Gasteiger partial charge on any atom is 0.306 e. The average Bonchev–Trinajstić information content (AvgIpc) is 3.48. The number of cyclic esters (lactones) is 1. The van der Waals surface area contributed by atoms with E-state index >= 15 is 0 Å². The highest BCUT2D eigenvalue weighted by molar-refractivity contribution is 5.71. The Hall–Kier alpha value is -1.47. The van der Waals surface area contributed by atoms with Crippen molar-refractivity contribution in [2.75, 3.05) is 6.61 Å². The number of aliphatic hydroxyl groups is 1. The van der Waals surface area contributed by atoms with E-state index < -0.39 is 6.10 Å². The summed E-state index contributed by atoms with van der Waals surface area (Å²) in [7, 11) is 0. The van der Waals surface area contributed by atoms with Gasteiger partial charge in [-0.05, 0) is 50.5 Å². The molecular formula is C23H32O6. The summed E-state index contributed by atoms with van der Waals surface area (Å²) in [5.41, 5.74) is 1.16. The van der Waals surface area contributed by atoms with Crippen LogP contribution in [-0.2, 0) is 30.3 Å². The Morgan fingerprint density at radius 3 is 2.45 bits per heavy atom. The zero-order valence-electron chi connectivity index (χ0n) is 16.9. The molecule has 0 spiro atoms. The summed E-state index contributed by atoms with van der Waals surface area (Å²) in [6.07, 6.45) is 5.76. The minimum absolute atomic E-state index is 0.000729. The molecule has 0 aliphatic carbocycles. The third-order valence-electron chi connectivity index (χ3n) is 6.24. The molecule has 3 saturated heterocycles. The molecule has 3 aliphatic heterocycles. The van der Waals surface area contributed by atoms with E-state index in [0.29, 0.717) is 26.1 Å². The first kappa shape index (κ1) is 20.8. The van der Waals surface area contributed by atoms with Crippen molar-refractivity contribution in [2.24, 2.45) is 0 Å². The molecule has 0 bridgehead atoms. The molecule has 3 aliphatic rings. The molecule has 1 aromatic rings. The molecule has 29 heavy (non-hydrogen) atoms. The van der Waals surface area contributed by atoms with Crippen LogP contribution in [-0.4, -0.2) is 54.3 Å². The number of aliphatic hydroxyl groups excluding tert-OH is 1. The smallest absolute Gasteiger partial charge is 0.306 e. The van der Waals surface area contributed by atoms with Crippen LogP contribution in [0.4, 0.5) is 0 Å². The van der Waals surface area contributed by atoms with E-state index in [1.54, 1.807) is 0 Å². The molecule has 0 unspecified atom stereocenters. The first-order valence-corrected chi connectivity index (χ1v) is 11.0. The topological polar surface area (TPSA) is 74.2 Å². The summed E-state index contributed by atoms with van der Waals surface area (Å²) >= 11 is 0. The lowest BCUT2D eigenvalue weighted by molar-refractivity contribution is -0.149. The van der Waals surface area contributed by atoms with Crippen LogP contribution in [0.15, 0.2) is 30.3 Å². The van der Waals surface area contributed by atoms with Crippen LogP contribution in [0, 0.1) is 0 Å². The number of hydrogen-bond acceptors (Lipinski definition) is 6. The van der Waals surface area contributed by atoms with Crippen molar-refractivity contribution in [1.82, 2.24) is 0 Å². The van der Waals surface area contributed by atoms with E-state index in [9.17, 15) is 9.90 Å². The molecule has 1 aromatic carbocycles. The minimum Gasteiger partial charge on any atom is -0.460 e. The summed E-state index contributed by atoms with van der Waals surface area (Å²) in [6, 6.07) is 10.1. The molecule has 4 rings (SSSR count). The Balaban J connectivity index is 1.12. The van der Waals surface area contributed by atoms with Gasteiger partial charge >= 0.3 is 5.97 Å². The van der Waals surface area contributed by atoms with Gasteiger partial charge in [0.15, 0.2) is 0 Å². The molecule has 1 N–H and O–H groups in total. The van der Waals surface area contributed by atoms with Gasteiger partial charge in [-0.25, -0.2) is 0 Å². The number of hydrogen-bond donors (Lipinski definition) is 1. The summed E-state index contributed by atoms with van der Waals surface area (Å²) in [5.74, 6) is -0.116. The van der Waals surface area contributed by atoms with Crippen LogP contribution >= 0.6 is 0 Å². The van der Waals surface area contributed by atoms with Crippen molar-refractivity contribution in [3.8, 4) is 0 Å². The third kappa shape index (κ3) is 5.57. The second-order valence-corrected chi connectivity index (χ2v) is 8.40. The number of carbonyl (C=O) groups excluding carboxylic acids is 1. The van der Waals surface area contributed by atoms with Gasteiger partial charge in [0.1, 0.15) is 6.10 Å². The van der Waals surface area contributed by atoms with Gasteiger partial charge in [0.25, 0.3) is 0 Å². The zero-order valence-corrected chi connectivity index (χ0v) is 16.9. The molecule has 3 heterocycles. The van der Waals surface area contributed by atoms with Gasteiger partial charge in [0.2, 0.25) is 0 Å². The standard InChI is InChI=1S/C23H32O6/c24-17(7-4-14-26-15-16-5-2-1-3-6-16)18-8-9-19(27-18)20-10-11-21(28-20)22-12-13-23(25)29-22/h1-3,5-6,17-22,24H,4,7-15H2/t17-,18+,19-,20-,21+,22-/m0/s1. The molecule has 0 aromatic heterocycles. The van der Waals surface area contributed by atoms with Gasteiger partial charge in [0, 0.05) is 13.0 Å². The molecule has 0 amide bonds. The normalized spacial score (nSPS) is 33.1. The van der Waals surface area contributed by atoms with Crippen LogP contribution in [0.1, 0.15) is 56.9 Å². The fourth-order valence-electron chi connectivity index (χ4n) is 4.64. The van der Waals surface area contributed by atoms with Gasteiger partial charge in [-0.2, -0.15) is 0 Å². The molecule has 6 nitrogen and oxygen atoms in total. The Labute approximate surface area is 172 Å². The molecule has 0 radical (unpaired) electrons. The quantitative estimate of drug-likeness (QED) is 0.503. The lowest BCUT2D eigenvalue weighted by Gasteiger charge is -2.24. The van der Waals surface area contributed by atoms with Crippen molar-refractivity contribution in [3.05, 3.63) is 35.9 Å². The van der Waals surface area contributed by atoms with Gasteiger partial charge in [0.05, 0.1) is 37.1 Å². The van der Waals surface area contributed by atoms with E-state index in [1.807, 2.05) is 30.3 Å². The van der Waals surface area contributed by atoms with Crippen LogP contribution in [0.25, 0.3) is 0 Å². The van der Waals surface area contributed by atoms with E-state index in [2.05, 4.69) is 0 Å². The van der Waals surface area contributed by atoms with Crippen molar-refractivity contribution in [3.63, 3.8) is 0 Å². The van der Waals surface area contributed by atoms with E-state index in [4.69, 9.17) is 18.9 Å². The fourth-order valence-corrected chi connectivity index (χ4v) is 4.64. The van der Waals surface area contributed by atoms with E-state index in [-0.39, 0.29) is 36.5 Å². The highest BCUT2D eigenvalue weighted by Gasteiger charge is 2.43. The summed E-state index contributed by atoms with van der Waals surface area (Å²) in [6.45, 7) is 1.24. The lowest BCUT2D eigenvalue weighted by atomic mass is 10.0. The van der Waals surface area contributed by atoms with Crippen LogP contribution in [0.5, 0.6) is 0 Å². The Morgan fingerprint density at radius 2 is 1.69 bits per heavy atom. The Kier molecular flexibility index (Phi) is 7.19. The third-order valence-corrected chi connectivity index (χ3v) is 6.24. The van der Waals surface area contributed by atoms with Crippen LogP contribution in [0.2, 0.25) is 0 Å². The molecule has 0 saturated carbocycles. The minimum atomic E-state index is -0.465. The van der Waals surface area contributed by atoms with Crippen LogP contribution < -0.4 is 0 Å². The molecule has 6 heteroatoms. The average molecular weight is 405 g/mol. The Bertz CT molecular complexity index is 650. The van der Waals surface area contributed by atoms with Crippen molar-refractivity contribution < 1.29 is 28.8 Å². The lowest BCUT2D eigenvalue weighted by Crippen LogP contribution is -2.33. The SMILES string of the molecule is O=C1CC[C@@H]([C@H]2CC[C@@H]([C@@H]3CC[C@H]([C@@H](O)CCCOCc4ccccc4)O3)O2)O1. The second kappa shape index (κ2) is 10.0. The second-order valence-electron chi connectivity index (χ2n) is 8.40. The van der Waals surface area contributed by atoms with E-state index in [1.165, 1.54) is 0 Å². The predicted octanol–water partition coefficient (Wildman–Crippen LogP) is 3.15. The highest BCUT2D eigenvalue weighted by Crippen LogP contribution is 2.36. The molecular weight excluding hydrogens is 372 g/mol. The van der Waals surface area contributed by atoms with Crippen LogP contribution in [0.3, 0.4) is 0 Å². The van der Waals surface area contributed by atoms with Gasteiger partial charge in [-0.1, -0.05) is 30.3 Å². The van der Waals surface area contributed by atoms with Gasteiger partial charge in [-0.3, -0.25) is 4.79 Å². The number of benzene rings is 1. The van der Waals surface area contributed by atoms with Gasteiger partial charge in [-0.15, -0.1) is 0 Å². The number of ether oxygens (including phenoxy) is 4. The maximum absolute atomic E-state index is 11.3. The summed E-state index contributed by atoms with van der Waals surface area (Å²) in [5, 5.41) is 10.5. The predicted molar refractivity (Wildman–Crippen MR) is 106 cm³/mol. The fraction of sp³-hybridized carbons (Fsp3) is 0.696. The maximum atomic E-state index is 11.3. The molecule has 6 atom stereocenters.